The highest BCUT2D eigenvalue weighted by atomic mass is 32.1. The van der Waals surface area contributed by atoms with Gasteiger partial charge in [0.25, 0.3) is 0 Å². The normalized spacial score (nSPS) is 11.1. The number of thiophene rings is 1. The molecule has 0 N–H and O–H groups in total. The molecule has 4 nitrogen and oxygen atoms in total. The van der Waals surface area contributed by atoms with Crippen LogP contribution in [-0.2, 0) is 0 Å². The SMILES string of the molecule is COc1cc2c(cc1C)sc1cc(C)c(OC)cc12.Cc1ccc(N(c2ccc(N(c3ccc(C)cc3)c3c(C)cc(C)cc3C)cc2)c2c(C)cc(C)cc2C)cc1. The van der Waals surface area contributed by atoms with Gasteiger partial charge in [0.15, 0.2) is 0 Å². The molecular formula is C54H56N2O2S. The molecule has 0 radical (unpaired) electrons. The second kappa shape index (κ2) is 17.1. The van der Waals surface area contributed by atoms with Gasteiger partial charge >= 0.3 is 0 Å². The highest BCUT2D eigenvalue weighted by Crippen LogP contribution is 2.44. The highest BCUT2D eigenvalue weighted by Gasteiger charge is 2.21. The van der Waals surface area contributed by atoms with Crippen LogP contribution in [0.1, 0.15) is 55.6 Å². The van der Waals surface area contributed by atoms with E-state index in [0.29, 0.717) is 0 Å². The summed E-state index contributed by atoms with van der Waals surface area (Å²) < 4.78 is 13.4. The third kappa shape index (κ3) is 8.44. The molecule has 7 aromatic carbocycles. The maximum absolute atomic E-state index is 5.43. The van der Waals surface area contributed by atoms with Crippen LogP contribution in [0.15, 0.2) is 121 Å². The van der Waals surface area contributed by atoms with Gasteiger partial charge in [0.05, 0.1) is 25.6 Å². The lowest BCUT2D eigenvalue weighted by Crippen LogP contribution is -2.15. The van der Waals surface area contributed by atoms with Gasteiger partial charge in [-0.2, -0.15) is 0 Å². The van der Waals surface area contributed by atoms with Gasteiger partial charge in [0.2, 0.25) is 0 Å². The topological polar surface area (TPSA) is 24.9 Å². The van der Waals surface area contributed by atoms with Crippen molar-refractivity contribution in [3.63, 3.8) is 0 Å². The lowest BCUT2D eigenvalue weighted by atomic mass is 10.0. The van der Waals surface area contributed by atoms with Crippen molar-refractivity contribution < 1.29 is 9.47 Å². The number of ether oxygens (including phenoxy) is 2. The number of nitrogens with zero attached hydrogens (tertiary/aromatic N) is 2. The van der Waals surface area contributed by atoms with Crippen LogP contribution in [0.4, 0.5) is 34.1 Å². The first-order valence-electron chi connectivity index (χ1n) is 20.3. The lowest BCUT2D eigenvalue weighted by molar-refractivity contribution is 0.412. The van der Waals surface area contributed by atoms with E-state index in [1.54, 1.807) is 14.2 Å². The molecule has 0 fully saturated rings. The van der Waals surface area contributed by atoms with Gasteiger partial charge < -0.3 is 19.3 Å². The number of fused-ring (bicyclic) bond motifs is 3. The van der Waals surface area contributed by atoms with Crippen molar-refractivity contribution >= 4 is 65.6 Å². The van der Waals surface area contributed by atoms with Crippen LogP contribution in [0.2, 0.25) is 0 Å². The fourth-order valence-corrected chi connectivity index (χ4v) is 9.74. The lowest BCUT2D eigenvalue weighted by Gasteiger charge is -2.31. The molecule has 1 heterocycles. The van der Waals surface area contributed by atoms with Gasteiger partial charge in [-0.15, -0.1) is 11.3 Å². The molecule has 0 atom stereocenters. The van der Waals surface area contributed by atoms with Gasteiger partial charge in [-0.05, 0) is 175 Å². The number of anilines is 6. The fourth-order valence-electron chi connectivity index (χ4n) is 8.47. The number of benzene rings is 7. The monoisotopic (exact) mass is 796 g/mol. The summed E-state index contributed by atoms with van der Waals surface area (Å²) in [5.74, 6) is 1.87. The zero-order valence-corrected chi connectivity index (χ0v) is 37.5. The Morgan fingerprint density at radius 3 is 0.915 bits per heavy atom. The van der Waals surface area contributed by atoms with E-state index < -0.39 is 0 Å². The molecule has 8 rings (SSSR count). The molecule has 0 spiro atoms. The average Bonchev–Trinajstić information content (AvgIpc) is 3.53. The van der Waals surface area contributed by atoms with E-state index in [1.165, 1.54) is 87.2 Å². The number of aryl methyl sites for hydroxylation is 10. The quantitative estimate of drug-likeness (QED) is 0.153. The van der Waals surface area contributed by atoms with Crippen LogP contribution >= 0.6 is 11.3 Å². The smallest absolute Gasteiger partial charge is 0.122 e. The van der Waals surface area contributed by atoms with E-state index >= 15 is 0 Å². The molecule has 0 aliphatic carbocycles. The van der Waals surface area contributed by atoms with Crippen molar-refractivity contribution in [3.05, 3.63) is 177 Å². The Balaban J connectivity index is 0.000000231. The van der Waals surface area contributed by atoms with Crippen LogP contribution in [0.5, 0.6) is 11.5 Å². The van der Waals surface area contributed by atoms with Crippen molar-refractivity contribution in [1.29, 1.82) is 0 Å². The maximum Gasteiger partial charge on any atom is 0.122 e. The Labute approximate surface area is 355 Å². The molecule has 5 heteroatoms. The Morgan fingerprint density at radius 1 is 0.339 bits per heavy atom. The molecule has 8 aromatic rings. The fraction of sp³-hybridized carbons (Fsp3) is 0.222. The van der Waals surface area contributed by atoms with Crippen molar-refractivity contribution in [1.82, 2.24) is 0 Å². The minimum Gasteiger partial charge on any atom is -0.496 e. The third-order valence-corrected chi connectivity index (χ3v) is 12.3. The molecule has 300 valence electrons. The second-order valence-electron chi connectivity index (χ2n) is 16.1. The van der Waals surface area contributed by atoms with Crippen LogP contribution in [0.25, 0.3) is 20.2 Å². The van der Waals surface area contributed by atoms with E-state index in [-0.39, 0.29) is 0 Å². The zero-order chi connectivity index (χ0) is 42.1. The summed E-state index contributed by atoms with van der Waals surface area (Å²) in [5.41, 5.74) is 19.6. The minimum absolute atomic E-state index is 0.937. The van der Waals surface area contributed by atoms with Gasteiger partial charge in [-0.25, -0.2) is 0 Å². The Morgan fingerprint density at radius 2 is 0.627 bits per heavy atom. The van der Waals surface area contributed by atoms with Crippen LogP contribution in [0.3, 0.4) is 0 Å². The number of rotatable bonds is 8. The molecule has 0 aliphatic heterocycles. The molecular weight excluding hydrogens is 741 g/mol. The first-order valence-corrected chi connectivity index (χ1v) is 21.1. The van der Waals surface area contributed by atoms with E-state index in [2.05, 4.69) is 200 Å². The summed E-state index contributed by atoms with van der Waals surface area (Å²) in [5, 5.41) is 2.47. The third-order valence-electron chi connectivity index (χ3n) is 11.2. The summed E-state index contributed by atoms with van der Waals surface area (Å²) in [6.07, 6.45) is 0. The van der Waals surface area contributed by atoms with E-state index in [4.69, 9.17) is 9.47 Å². The molecule has 0 bridgehead atoms. The van der Waals surface area contributed by atoms with Gasteiger partial charge in [0.1, 0.15) is 11.5 Å². The van der Waals surface area contributed by atoms with Gasteiger partial charge in [0, 0.05) is 42.9 Å². The predicted molar refractivity (Wildman–Crippen MR) is 256 cm³/mol. The second-order valence-corrected chi connectivity index (χ2v) is 17.2. The van der Waals surface area contributed by atoms with Crippen LogP contribution < -0.4 is 19.3 Å². The minimum atomic E-state index is 0.937. The Kier molecular flexibility index (Phi) is 11.9. The molecule has 59 heavy (non-hydrogen) atoms. The summed E-state index contributed by atoms with van der Waals surface area (Å²) in [4.78, 5) is 4.79. The van der Waals surface area contributed by atoms with Crippen LogP contribution in [0, 0.1) is 69.2 Å². The van der Waals surface area contributed by atoms with Crippen molar-refractivity contribution in [2.45, 2.75) is 69.2 Å². The standard InChI is InChI=1S/C38H40N2.C16H16O2S/c1-25-9-13-33(14-10-25)39(37-29(5)21-27(3)22-30(37)6)35-17-19-36(20-18-35)40(34-15-11-26(2)12-16-34)38-31(7)23-28(4)24-32(38)8;1-9-5-15-11(7-13(9)17-3)12-8-14(18-4)10(2)6-16(12)19-15/h9-24H,1-8H3;5-8H,1-4H3. The van der Waals surface area contributed by atoms with E-state index in [1.807, 2.05) is 11.3 Å². The average molecular weight is 797 g/mol. The zero-order valence-electron chi connectivity index (χ0n) is 36.7. The Bertz CT molecular complexity index is 2540. The Hall–Kier alpha value is -6.04. The summed E-state index contributed by atoms with van der Waals surface area (Å²) in [6.45, 7) is 21.6. The molecule has 0 unspecified atom stereocenters. The highest BCUT2D eigenvalue weighted by molar-refractivity contribution is 7.25. The maximum atomic E-state index is 5.43. The van der Waals surface area contributed by atoms with Crippen LogP contribution in [-0.4, -0.2) is 14.2 Å². The molecule has 1 aromatic heterocycles. The van der Waals surface area contributed by atoms with E-state index in [9.17, 15) is 0 Å². The first kappa shape index (κ1) is 41.1. The van der Waals surface area contributed by atoms with Gasteiger partial charge in [-0.3, -0.25) is 0 Å². The van der Waals surface area contributed by atoms with Gasteiger partial charge in [-0.1, -0.05) is 70.8 Å². The van der Waals surface area contributed by atoms with Crippen molar-refractivity contribution in [2.24, 2.45) is 0 Å². The van der Waals surface area contributed by atoms with Crippen molar-refractivity contribution in [3.8, 4) is 11.5 Å². The molecule has 0 saturated carbocycles. The summed E-state index contributed by atoms with van der Waals surface area (Å²) >= 11 is 1.82. The predicted octanol–water partition coefficient (Wildman–Crippen LogP) is 15.8. The first-order chi connectivity index (χ1) is 28.3. The summed E-state index contributed by atoms with van der Waals surface area (Å²) in [7, 11) is 3.43. The van der Waals surface area contributed by atoms with E-state index in [0.717, 1.165) is 34.2 Å². The number of hydrogen-bond acceptors (Lipinski definition) is 5. The molecule has 0 amide bonds. The van der Waals surface area contributed by atoms with Crippen molar-refractivity contribution in [2.75, 3.05) is 24.0 Å². The largest absolute Gasteiger partial charge is 0.496 e. The molecule has 0 aliphatic rings. The summed E-state index contributed by atoms with van der Waals surface area (Å²) in [6, 6.07) is 44.4. The number of methoxy groups -OCH3 is 2. The molecule has 0 saturated heterocycles. The number of hydrogen-bond donors (Lipinski definition) is 0.